The Balaban J connectivity index is 0.00000736. The number of aryl methyl sites for hydroxylation is 1. The van der Waals surface area contributed by atoms with Crippen molar-refractivity contribution in [1.82, 2.24) is 14.5 Å². The van der Waals surface area contributed by atoms with E-state index in [1.165, 1.54) is 0 Å². The summed E-state index contributed by atoms with van der Waals surface area (Å²) in [4.78, 5) is 10.5. The molecule has 2 heterocycles. The number of pyridine rings is 1. The second kappa shape index (κ2) is 21.4. The molecule has 378 valence electrons. The number of phenolic OH excluding ortho intramolecular Hbond substituents is 1. The smallest absolute Gasteiger partial charge is 0.148 e. The summed E-state index contributed by atoms with van der Waals surface area (Å²) >= 11 is 0. The minimum absolute atomic E-state index is 0. The molecular formula is C71H62N3OPt-. The Hall–Kier alpha value is -7.91. The third kappa shape index (κ3) is 10.1. The van der Waals surface area contributed by atoms with Crippen LogP contribution in [0.5, 0.6) is 5.75 Å². The molecular weight excluding hydrogens is 1110 g/mol. The molecule has 11 rings (SSSR count). The molecule has 5 heteroatoms. The van der Waals surface area contributed by atoms with Crippen molar-refractivity contribution in [2.75, 3.05) is 0 Å². The van der Waals surface area contributed by atoms with Gasteiger partial charge in [-0.3, -0.25) is 9.55 Å². The minimum atomic E-state index is -2.57. The maximum atomic E-state index is 12.7. The van der Waals surface area contributed by atoms with E-state index in [9.17, 15) is 7.85 Å². The predicted octanol–water partition coefficient (Wildman–Crippen LogP) is 19.1. The molecule has 0 radical (unpaired) electrons. The maximum absolute atomic E-state index is 12.7. The molecule has 0 bridgehead atoms. The van der Waals surface area contributed by atoms with Crippen molar-refractivity contribution in [2.45, 2.75) is 72.5 Å². The van der Waals surface area contributed by atoms with Crippen LogP contribution in [0.2, 0.25) is 0 Å². The SMILES string of the molecule is [2H]C([2H])([2H])c1cc(-n2c(-c3cc(C([2H])(C)C)cc(C([2H])(C)C)c3O)nc3c(-c4[c-]c(-c5cc(-c6ccc(-c7ccccc7)cc6)ccn5)cc(-c5ccccc5)c4)cccc32)c(-c2ccccc2)cc1-c1ccc(C(C)(C)C)cc1.[Pt]. The number of phenols is 1. The van der Waals surface area contributed by atoms with E-state index < -0.39 is 18.6 Å². The van der Waals surface area contributed by atoms with E-state index >= 15 is 0 Å². The summed E-state index contributed by atoms with van der Waals surface area (Å²) in [5.74, 6) is -2.26. The fourth-order valence-electron chi connectivity index (χ4n) is 10.1. The van der Waals surface area contributed by atoms with Crippen molar-refractivity contribution in [1.29, 1.82) is 0 Å². The van der Waals surface area contributed by atoms with Gasteiger partial charge in [0.25, 0.3) is 0 Å². The Bertz CT molecular complexity index is 4080. The summed E-state index contributed by atoms with van der Waals surface area (Å²) < 4.78 is 48.1. The van der Waals surface area contributed by atoms with E-state index in [0.717, 1.165) is 78.0 Å². The number of aromatic nitrogens is 3. The molecule has 1 N–H and O–H groups in total. The van der Waals surface area contributed by atoms with Crippen LogP contribution in [0.1, 0.15) is 89.4 Å². The molecule has 0 saturated carbocycles. The summed E-state index contributed by atoms with van der Waals surface area (Å²) in [5.41, 5.74) is 16.3. The molecule has 0 unspecified atom stereocenters. The third-order valence-electron chi connectivity index (χ3n) is 14.3. The second-order valence-electron chi connectivity index (χ2n) is 20.9. The molecule has 0 spiro atoms. The Labute approximate surface area is 470 Å². The van der Waals surface area contributed by atoms with Gasteiger partial charge < -0.3 is 5.11 Å². The normalized spacial score (nSPS) is 13.0. The van der Waals surface area contributed by atoms with Crippen molar-refractivity contribution in [3.05, 3.63) is 241 Å². The molecule has 2 aromatic heterocycles. The number of imidazole rings is 1. The standard InChI is InChI=1S/C71H62N3O.Pt/c1-45(2)55-41-61(46(3)4)69(75)64(42-55)70-73-68-60(25-18-26-66(68)74(70)67-37-47(5)62(44-63(67)52-23-16-11-17-24-52)53-31-33-59(34-32-53)71(6,7)8)57-38-56(49-21-14-10-15-22-49)39-58(40-57)65-43-54(35-36-72-65)51-29-27-50(28-30-51)48-19-12-9-13-20-48;/h9-39,41-46,75H,1-8H3;/q-1;/i5D3,45D,46D;. The molecule has 11 aromatic rings. The van der Waals surface area contributed by atoms with Gasteiger partial charge in [-0.2, -0.15) is 0 Å². The van der Waals surface area contributed by atoms with Crippen molar-refractivity contribution >= 4 is 11.0 Å². The van der Waals surface area contributed by atoms with E-state index in [4.69, 9.17) is 14.1 Å². The van der Waals surface area contributed by atoms with Gasteiger partial charge in [0, 0.05) is 45.4 Å². The Morgan fingerprint density at radius 3 is 1.72 bits per heavy atom. The zero-order chi connectivity index (χ0) is 56.3. The fraction of sp³-hybridized carbons (Fsp3) is 0.155. The molecule has 0 fully saturated rings. The fourth-order valence-corrected chi connectivity index (χ4v) is 10.1. The summed E-state index contributed by atoms with van der Waals surface area (Å²) in [6, 6.07) is 72.5. The number of para-hydroxylation sites is 1. The predicted molar refractivity (Wildman–Crippen MR) is 314 cm³/mol. The van der Waals surface area contributed by atoms with Crippen molar-refractivity contribution < 1.29 is 33.0 Å². The number of hydrogen-bond donors (Lipinski definition) is 1. The zero-order valence-corrected chi connectivity index (χ0v) is 46.1. The Morgan fingerprint density at radius 2 is 1.11 bits per heavy atom. The van der Waals surface area contributed by atoms with Crippen LogP contribution < -0.4 is 0 Å². The molecule has 9 aromatic carbocycles. The summed E-state index contributed by atoms with van der Waals surface area (Å²) in [6.45, 7) is 10.9. The van der Waals surface area contributed by atoms with Crippen LogP contribution in [0.15, 0.2) is 212 Å². The Morgan fingerprint density at radius 1 is 0.526 bits per heavy atom. The monoisotopic (exact) mass is 1170 g/mol. The molecule has 0 aliphatic heterocycles. The van der Waals surface area contributed by atoms with Crippen molar-refractivity contribution in [2.24, 2.45) is 0 Å². The topological polar surface area (TPSA) is 50.9 Å². The van der Waals surface area contributed by atoms with Gasteiger partial charge in [-0.05, 0) is 121 Å². The van der Waals surface area contributed by atoms with Crippen LogP contribution >= 0.6 is 0 Å². The number of nitrogens with zero attached hydrogens (tertiary/aromatic N) is 3. The third-order valence-corrected chi connectivity index (χ3v) is 14.3. The van der Waals surface area contributed by atoms with Gasteiger partial charge in [0.05, 0.1) is 22.3 Å². The first-order valence-corrected chi connectivity index (χ1v) is 25.6. The van der Waals surface area contributed by atoms with Gasteiger partial charge in [0.15, 0.2) is 0 Å². The number of hydrogen-bond acceptors (Lipinski definition) is 3. The second-order valence-corrected chi connectivity index (χ2v) is 20.9. The number of benzene rings is 9. The molecule has 0 aliphatic carbocycles. The minimum Gasteiger partial charge on any atom is -0.507 e. The summed E-state index contributed by atoms with van der Waals surface area (Å²) in [6.07, 6.45) is 1.84. The zero-order valence-electron chi connectivity index (χ0n) is 48.8. The molecule has 0 aliphatic rings. The van der Waals surface area contributed by atoms with Crippen LogP contribution in [-0.2, 0) is 26.5 Å². The van der Waals surface area contributed by atoms with Gasteiger partial charge in [-0.25, -0.2) is 4.98 Å². The number of rotatable bonds is 11. The molecule has 0 atom stereocenters. The first-order valence-electron chi connectivity index (χ1n) is 28.1. The molecule has 76 heavy (non-hydrogen) atoms. The largest absolute Gasteiger partial charge is 0.507 e. The first-order chi connectivity index (χ1) is 38.1. The molecule has 0 saturated heterocycles. The Kier molecular flexibility index (Phi) is 12.8. The summed E-state index contributed by atoms with van der Waals surface area (Å²) in [7, 11) is 0. The van der Waals surface area contributed by atoms with Gasteiger partial charge in [0.2, 0.25) is 0 Å². The van der Waals surface area contributed by atoms with Gasteiger partial charge in [-0.15, -0.1) is 23.8 Å². The van der Waals surface area contributed by atoms with E-state index in [-0.39, 0.29) is 37.8 Å². The first kappa shape index (κ1) is 45.5. The van der Waals surface area contributed by atoms with Crippen molar-refractivity contribution in [3.63, 3.8) is 0 Å². The van der Waals surface area contributed by atoms with Gasteiger partial charge in [0.1, 0.15) is 11.6 Å². The van der Waals surface area contributed by atoms with E-state index in [1.807, 2.05) is 120 Å². The molecule has 0 amide bonds. The molecule has 4 nitrogen and oxygen atoms in total. The van der Waals surface area contributed by atoms with Crippen molar-refractivity contribution in [3.8, 4) is 101 Å². The average molecular weight is 1170 g/mol. The van der Waals surface area contributed by atoms with E-state index in [0.29, 0.717) is 44.8 Å². The van der Waals surface area contributed by atoms with Crippen LogP contribution in [0.3, 0.4) is 0 Å². The number of aromatic hydroxyl groups is 1. The van der Waals surface area contributed by atoms with Gasteiger partial charge >= 0.3 is 0 Å². The van der Waals surface area contributed by atoms with Crippen LogP contribution in [0.4, 0.5) is 0 Å². The number of fused-ring (bicyclic) bond motifs is 1. The van der Waals surface area contributed by atoms with Crippen LogP contribution in [0.25, 0.3) is 106 Å². The van der Waals surface area contributed by atoms with Crippen LogP contribution in [-0.4, -0.2) is 19.6 Å². The van der Waals surface area contributed by atoms with Crippen LogP contribution in [0, 0.1) is 12.9 Å². The maximum Gasteiger partial charge on any atom is 0.148 e. The average Bonchev–Trinajstić information content (AvgIpc) is 4.07. The van der Waals surface area contributed by atoms with E-state index in [1.54, 1.807) is 45.9 Å². The summed E-state index contributed by atoms with van der Waals surface area (Å²) in [5, 5.41) is 12.7. The van der Waals surface area contributed by atoms with Gasteiger partial charge in [-0.1, -0.05) is 229 Å². The quantitative estimate of drug-likeness (QED) is 0.131. The van der Waals surface area contributed by atoms with E-state index in [2.05, 4.69) is 106 Å².